The minimum Gasteiger partial charge on any atom is -0.436 e. The molecule has 0 bridgehead atoms. The van der Waals surface area contributed by atoms with Gasteiger partial charge in [-0.05, 0) is 42.5 Å². The number of aromatic amines is 1. The van der Waals surface area contributed by atoms with E-state index >= 15 is 0 Å². The molecule has 2 aromatic carbocycles. The number of hydrogen-bond donors (Lipinski definition) is 2. The number of oxazole rings is 1. The highest BCUT2D eigenvalue weighted by molar-refractivity contribution is 5.85. The third-order valence-electron chi connectivity index (χ3n) is 3.21. The number of H-pyrrole nitrogens is 1. The van der Waals surface area contributed by atoms with Crippen molar-refractivity contribution in [1.82, 2.24) is 9.97 Å². The van der Waals surface area contributed by atoms with E-state index in [-0.39, 0.29) is 0 Å². The predicted octanol–water partition coefficient (Wildman–Crippen LogP) is 3.56. The third kappa shape index (κ3) is 1.57. The molecule has 0 saturated carbocycles. The van der Waals surface area contributed by atoms with E-state index < -0.39 is 0 Å². The van der Waals surface area contributed by atoms with E-state index in [1.165, 1.54) is 0 Å². The van der Waals surface area contributed by atoms with Crippen LogP contribution in [0, 0.1) is 0 Å². The molecule has 2 aromatic heterocycles. The van der Waals surface area contributed by atoms with Crippen molar-refractivity contribution in [2.45, 2.75) is 0 Å². The van der Waals surface area contributed by atoms with Crippen molar-refractivity contribution < 1.29 is 4.42 Å². The number of nitrogens with two attached hydrogens (primary N) is 1. The molecule has 0 atom stereocenters. The van der Waals surface area contributed by atoms with Crippen LogP contribution < -0.4 is 5.73 Å². The fourth-order valence-corrected chi connectivity index (χ4v) is 2.25. The van der Waals surface area contributed by atoms with Crippen molar-refractivity contribution in [2.75, 3.05) is 5.73 Å². The van der Waals surface area contributed by atoms with Crippen LogP contribution >= 0.6 is 0 Å². The summed E-state index contributed by atoms with van der Waals surface area (Å²) in [6, 6.07) is 13.6. The smallest absolute Gasteiger partial charge is 0.227 e. The SMILES string of the molecule is Nc1ccc2oc(-c3ccc4[nH]ccc4c3)nc2c1. The van der Waals surface area contributed by atoms with Crippen molar-refractivity contribution in [3.8, 4) is 11.5 Å². The quantitative estimate of drug-likeness (QED) is 0.507. The number of hydrogen-bond acceptors (Lipinski definition) is 3. The molecule has 4 aromatic rings. The molecular weight excluding hydrogens is 238 g/mol. The van der Waals surface area contributed by atoms with E-state index in [4.69, 9.17) is 10.2 Å². The molecule has 0 unspecified atom stereocenters. The summed E-state index contributed by atoms with van der Waals surface area (Å²) >= 11 is 0. The molecule has 0 fully saturated rings. The average molecular weight is 249 g/mol. The highest BCUT2D eigenvalue weighted by Crippen LogP contribution is 2.27. The first kappa shape index (κ1) is 10.2. The Balaban J connectivity index is 1.92. The van der Waals surface area contributed by atoms with Crippen molar-refractivity contribution in [2.24, 2.45) is 0 Å². The first-order valence-corrected chi connectivity index (χ1v) is 6.03. The van der Waals surface area contributed by atoms with Gasteiger partial charge in [0.15, 0.2) is 5.58 Å². The van der Waals surface area contributed by atoms with Gasteiger partial charge in [0, 0.05) is 28.4 Å². The lowest BCUT2D eigenvalue weighted by Crippen LogP contribution is -1.82. The van der Waals surface area contributed by atoms with Gasteiger partial charge in [0.25, 0.3) is 0 Å². The molecule has 0 aliphatic carbocycles. The standard InChI is InChI=1S/C15H11N3O/c16-11-2-4-14-13(8-11)18-15(19-14)10-1-3-12-9(7-10)5-6-17-12/h1-8,17H,16H2. The molecule has 0 radical (unpaired) electrons. The highest BCUT2D eigenvalue weighted by atomic mass is 16.3. The molecule has 92 valence electrons. The van der Waals surface area contributed by atoms with Crippen LogP contribution in [0.3, 0.4) is 0 Å². The molecule has 4 nitrogen and oxygen atoms in total. The molecule has 0 aliphatic rings. The van der Waals surface area contributed by atoms with Crippen LogP contribution in [0.1, 0.15) is 0 Å². The summed E-state index contributed by atoms with van der Waals surface area (Å²) in [5.74, 6) is 0.615. The second-order valence-corrected chi connectivity index (χ2v) is 4.53. The summed E-state index contributed by atoms with van der Waals surface area (Å²) < 4.78 is 5.76. The van der Waals surface area contributed by atoms with Crippen LogP contribution in [0.4, 0.5) is 5.69 Å². The summed E-state index contributed by atoms with van der Waals surface area (Å²) in [6.07, 6.45) is 1.92. The number of nitrogen functional groups attached to an aromatic ring is 1. The van der Waals surface area contributed by atoms with E-state index in [1.54, 1.807) is 0 Å². The van der Waals surface area contributed by atoms with Gasteiger partial charge in [-0.1, -0.05) is 0 Å². The number of benzene rings is 2. The maximum absolute atomic E-state index is 5.76. The van der Waals surface area contributed by atoms with Crippen LogP contribution in [0.2, 0.25) is 0 Å². The maximum Gasteiger partial charge on any atom is 0.227 e. The Morgan fingerprint density at radius 3 is 2.95 bits per heavy atom. The Labute approximate surface area is 108 Å². The number of anilines is 1. The fraction of sp³-hybridized carbons (Fsp3) is 0. The second-order valence-electron chi connectivity index (χ2n) is 4.53. The summed E-state index contributed by atoms with van der Waals surface area (Å²) in [5.41, 5.74) is 10.0. The number of fused-ring (bicyclic) bond motifs is 2. The van der Waals surface area contributed by atoms with Crippen molar-refractivity contribution in [3.63, 3.8) is 0 Å². The number of nitrogens with zero attached hydrogens (tertiary/aromatic N) is 1. The lowest BCUT2D eigenvalue weighted by atomic mass is 10.1. The molecule has 0 aliphatic heterocycles. The molecule has 3 N–H and O–H groups in total. The Morgan fingerprint density at radius 1 is 1.05 bits per heavy atom. The Hall–Kier alpha value is -2.75. The number of nitrogens with one attached hydrogen (secondary N) is 1. The molecule has 19 heavy (non-hydrogen) atoms. The predicted molar refractivity (Wildman–Crippen MR) is 75.7 cm³/mol. The first-order chi connectivity index (χ1) is 9.29. The summed E-state index contributed by atoms with van der Waals surface area (Å²) in [4.78, 5) is 7.64. The fourth-order valence-electron chi connectivity index (χ4n) is 2.25. The van der Waals surface area contributed by atoms with E-state index in [1.807, 2.05) is 42.6 Å². The molecule has 0 saturated heterocycles. The van der Waals surface area contributed by atoms with Crippen LogP contribution in [0.25, 0.3) is 33.5 Å². The molecular formula is C15H11N3O. The molecule has 2 heterocycles. The normalized spacial score (nSPS) is 11.4. The monoisotopic (exact) mass is 249 g/mol. The molecule has 4 rings (SSSR count). The zero-order chi connectivity index (χ0) is 12.8. The van der Waals surface area contributed by atoms with Crippen LogP contribution in [-0.2, 0) is 0 Å². The van der Waals surface area contributed by atoms with Gasteiger partial charge >= 0.3 is 0 Å². The van der Waals surface area contributed by atoms with Gasteiger partial charge in [-0.2, -0.15) is 0 Å². The minimum atomic E-state index is 0.615. The number of aromatic nitrogens is 2. The number of rotatable bonds is 1. The first-order valence-electron chi connectivity index (χ1n) is 6.03. The minimum absolute atomic E-state index is 0.615. The van der Waals surface area contributed by atoms with Gasteiger partial charge in [-0.3, -0.25) is 0 Å². The second kappa shape index (κ2) is 3.62. The zero-order valence-electron chi connectivity index (χ0n) is 10.1. The summed E-state index contributed by atoms with van der Waals surface area (Å²) in [6.45, 7) is 0. The molecule has 0 amide bonds. The summed E-state index contributed by atoms with van der Waals surface area (Å²) in [5, 5.41) is 1.14. The third-order valence-corrected chi connectivity index (χ3v) is 3.21. The average Bonchev–Trinajstić information content (AvgIpc) is 3.02. The van der Waals surface area contributed by atoms with E-state index in [0.29, 0.717) is 11.6 Å². The van der Waals surface area contributed by atoms with E-state index in [9.17, 15) is 0 Å². The Morgan fingerprint density at radius 2 is 2.00 bits per heavy atom. The van der Waals surface area contributed by atoms with Crippen LogP contribution in [-0.4, -0.2) is 9.97 Å². The van der Waals surface area contributed by atoms with E-state index in [0.717, 1.165) is 27.6 Å². The highest BCUT2D eigenvalue weighted by Gasteiger charge is 2.09. The lowest BCUT2D eigenvalue weighted by Gasteiger charge is -1.95. The lowest BCUT2D eigenvalue weighted by molar-refractivity contribution is 0.620. The maximum atomic E-state index is 5.76. The Bertz CT molecular complexity index is 889. The van der Waals surface area contributed by atoms with Gasteiger partial charge in [-0.25, -0.2) is 4.98 Å². The van der Waals surface area contributed by atoms with Gasteiger partial charge in [0.05, 0.1) is 0 Å². The van der Waals surface area contributed by atoms with Gasteiger partial charge < -0.3 is 15.1 Å². The Kier molecular flexibility index (Phi) is 1.94. The zero-order valence-corrected chi connectivity index (χ0v) is 10.1. The van der Waals surface area contributed by atoms with Crippen molar-refractivity contribution in [3.05, 3.63) is 48.7 Å². The summed E-state index contributed by atoms with van der Waals surface area (Å²) in [7, 11) is 0. The molecule has 0 spiro atoms. The van der Waals surface area contributed by atoms with E-state index in [2.05, 4.69) is 16.0 Å². The molecule has 4 heteroatoms. The van der Waals surface area contributed by atoms with Crippen LogP contribution in [0.5, 0.6) is 0 Å². The van der Waals surface area contributed by atoms with Gasteiger partial charge in [0.2, 0.25) is 5.89 Å². The van der Waals surface area contributed by atoms with Gasteiger partial charge in [-0.15, -0.1) is 0 Å². The topological polar surface area (TPSA) is 67.8 Å². The van der Waals surface area contributed by atoms with Gasteiger partial charge in [0.1, 0.15) is 5.52 Å². The van der Waals surface area contributed by atoms with Crippen LogP contribution in [0.15, 0.2) is 53.1 Å². The largest absolute Gasteiger partial charge is 0.436 e. The van der Waals surface area contributed by atoms with Crippen molar-refractivity contribution in [1.29, 1.82) is 0 Å². The van der Waals surface area contributed by atoms with Crippen molar-refractivity contribution >= 4 is 27.7 Å².